The van der Waals surface area contributed by atoms with Gasteiger partial charge in [0, 0.05) is 41.5 Å². The highest BCUT2D eigenvalue weighted by molar-refractivity contribution is 8.00. The van der Waals surface area contributed by atoms with Crippen molar-refractivity contribution in [3.05, 3.63) is 111 Å². The van der Waals surface area contributed by atoms with Crippen LogP contribution in [0.1, 0.15) is 53.9 Å². The third-order valence-corrected chi connectivity index (χ3v) is 8.15. The molecule has 4 rings (SSSR count). The monoisotopic (exact) mass is 570 g/mol. The molecule has 3 aromatic rings. The van der Waals surface area contributed by atoms with Gasteiger partial charge in [0.2, 0.25) is 0 Å². The van der Waals surface area contributed by atoms with Crippen LogP contribution >= 0.6 is 23.2 Å². The molecule has 1 N–H and O–H groups in total. The van der Waals surface area contributed by atoms with E-state index in [1.54, 1.807) is 24.3 Å². The quantitative estimate of drug-likeness (QED) is 0.346. The summed E-state index contributed by atoms with van der Waals surface area (Å²) < 4.78 is 26.0. The number of hydrogen-bond donors (Lipinski definition) is 1. The molecule has 0 radical (unpaired) electrons. The molecule has 0 aliphatic carbocycles. The predicted octanol–water partition coefficient (Wildman–Crippen LogP) is 6.63. The van der Waals surface area contributed by atoms with Crippen LogP contribution in [-0.2, 0) is 9.84 Å². The molecule has 0 spiro atoms. The number of carbonyl (C=O) groups excluding carboxylic acids is 1. The summed E-state index contributed by atoms with van der Waals surface area (Å²) in [5.74, 6) is -0.222. The number of rotatable bonds is 7. The standard InChI is InChI=1S/C30H32Cl2N2O3S/c1-30(2,3)19-33-29(35)23-7-5-6-22(16-23)28(38(4,36)37)24-17-34(18-24)27(20-8-12-25(31)13-9-20)21-10-14-26(32)15-11-21/h5-16,27H,17-19H2,1-4H3,(H,33,35). The van der Waals surface area contributed by atoms with Crippen LogP contribution < -0.4 is 5.32 Å². The number of nitrogens with zero attached hydrogens (tertiary/aromatic N) is 1. The maximum atomic E-state index is 13.0. The zero-order chi connectivity index (χ0) is 27.7. The molecule has 1 amide bonds. The van der Waals surface area contributed by atoms with E-state index in [0.717, 1.165) is 16.7 Å². The number of likely N-dealkylation sites (tertiary alicyclic amines) is 1. The van der Waals surface area contributed by atoms with Crippen LogP contribution in [0, 0.1) is 5.41 Å². The average molecular weight is 572 g/mol. The van der Waals surface area contributed by atoms with Crippen LogP contribution in [0.4, 0.5) is 0 Å². The Labute approximate surface area is 235 Å². The minimum Gasteiger partial charge on any atom is -0.352 e. The van der Waals surface area contributed by atoms with Crippen molar-refractivity contribution in [2.45, 2.75) is 26.8 Å². The van der Waals surface area contributed by atoms with Crippen molar-refractivity contribution in [2.24, 2.45) is 5.41 Å². The van der Waals surface area contributed by atoms with E-state index >= 15 is 0 Å². The van der Waals surface area contributed by atoms with Crippen LogP contribution in [0.25, 0.3) is 4.91 Å². The summed E-state index contributed by atoms with van der Waals surface area (Å²) in [6, 6.07) is 22.1. The highest BCUT2D eigenvalue weighted by Gasteiger charge is 2.34. The molecule has 5 nitrogen and oxygen atoms in total. The zero-order valence-electron chi connectivity index (χ0n) is 22.0. The predicted molar refractivity (Wildman–Crippen MR) is 156 cm³/mol. The summed E-state index contributed by atoms with van der Waals surface area (Å²) in [6.45, 7) is 7.58. The van der Waals surface area contributed by atoms with E-state index in [-0.39, 0.29) is 22.3 Å². The van der Waals surface area contributed by atoms with Gasteiger partial charge in [-0.3, -0.25) is 9.69 Å². The number of amides is 1. The highest BCUT2D eigenvalue weighted by atomic mass is 35.5. The third-order valence-electron chi connectivity index (χ3n) is 6.38. The van der Waals surface area contributed by atoms with Crippen molar-refractivity contribution in [1.82, 2.24) is 10.2 Å². The summed E-state index contributed by atoms with van der Waals surface area (Å²) >= 11 is 12.3. The van der Waals surface area contributed by atoms with Gasteiger partial charge in [-0.05, 0) is 64.1 Å². The number of carbonyl (C=O) groups is 1. The maximum absolute atomic E-state index is 13.0. The van der Waals surface area contributed by atoms with Gasteiger partial charge in [-0.1, -0.05) is 80.4 Å². The molecule has 0 aromatic heterocycles. The van der Waals surface area contributed by atoms with Gasteiger partial charge >= 0.3 is 0 Å². The van der Waals surface area contributed by atoms with Gasteiger partial charge in [-0.2, -0.15) is 0 Å². The second-order valence-electron chi connectivity index (χ2n) is 10.9. The van der Waals surface area contributed by atoms with Crippen molar-refractivity contribution in [2.75, 3.05) is 25.9 Å². The summed E-state index contributed by atoms with van der Waals surface area (Å²) in [5, 5.41) is 4.24. The maximum Gasteiger partial charge on any atom is 0.251 e. The smallest absolute Gasteiger partial charge is 0.251 e. The van der Waals surface area contributed by atoms with Crippen molar-refractivity contribution in [3.8, 4) is 0 Å². The van der Waals surface area contributed by atoms with E-state index in [2.05, 4.69) is 10.2 Å². The molecule has 3 aromatic carbocycles. The fraction of sp³-hybridized carbons (Fsp3) is 0.300. The summed E-state index contributed by atoms with van der Waals surface area (Å²) in [5.41, 5.74) is 3.81. The van der Waals surface area contributed by atoms with Gasteiger partial charge in [0.25, 0.3) is 5.91 Å². The van der Waals surface area contributed by atoms with Gasteiger partial charge in [-0.15, -0.1) is 0 Å². The molecule has 1 fully saturated rings. The van der Waals surface area contributed by atoms with Crippen LogP contribution in [0.2, 0.25) is 10.0 Å². The minimum atomic E-state index is -3.56. The van der Waals surface area contributed by atoms with Gasteiger partial charge in [0.1, 0.15) is 0 Å². The normalized spacial score (nSPS) is 14.3. The molecule has 8 heteroatoms. The Bertz CT molecular complexity index is 1410. The lowest BCUT2D eigenvalue weighted by Crippen LogP contribution is -2.44. The van der Waals surface area contributed by atoms with Gasteiger partial charge in [-0.25, -0.2) is 8.42 Å². The molecule has 1 aliphatic rings. The first-order chi connectivity index (χ1) is 17.8. The molecule has 0 atom stereocenters. The number of hydrogen-bond acceptors (Lipinski definition) is 4. The molecule has 1 saturated heterocycles. The van der Waals surface area contributed by atoms with Crippen LogP contribution in [-0.4, -0.2) is 45.1 Å². The Hall–Kier alpha value is -2.64. The summed E-state index contributed by atoms with van der Waals surface area (Å²) in [7, 11) is -3.56. The number of nitrogens with one attached hydrogen (secondary N) is 1. The van der Waals surface area contributed by atoms with Gasteiger partial charge in [0.05, 0.1) is 10.9 Å². The van der Waals surface area contributed by atoms with Crippen molar-refractivity contribution in [3.63, 3.8) is 0 Å². The molecule has 1 heterocycles. The third kappa shape index (κ3) is 6.86. The van der Waals surface area contributed by atoms with Crippen molar-refractivity contribution in [1.29, 1.82) is 0 Å². The highest BCUT2D eigenvalue weighted by Crippen LogP contribution is 2.38. The molecule has 0 unspecified atom stereocenters. The number of halogens is 2. The van der Waals surface area contributed by atoms with Crippen molar-refractivity contribution >= 4 is 43.9 Å². The fourth-order valence-electron chi connectivity index (χ4n) is 4.60. The van der Waals surface area contributed by atoms with Crippen LogP contribution in [0.15, 0.2) is 78.4 Å². The Balaban J connectivity index is 1.66. The minimum absolute atomic E-state index is 0.0622. The molecule has 200 valence electrons. The molecular formula is C30H32Cl2N2O3S. The second-order valence-corrected chi connectivity index (χ2v) is 13.8. The molecule has 0 saturated carbocycles. The fourth-order valence-corrected chi connectivity index (χ4v) is 6.06. The average Bonchev–Trinajstić information content (AvgIpc) is 2.82. The first-order valence-corrected chi connectivity index (χ1v) is 15.0. The first-order valence-electron chi connectivity index (χ1n) is 12.4. The topological polar surface area (TPSA) is 66.5 Å². The van der Waals surface area contributed by atoms with E-state index in [1.165, 1.54) is 6.26 Å². The Morgan fingerprint density at radius 1 is 0.895 bits per heavy atom. The lowest BCUT2D eigenvalue weighted by atomic mass is 9.92. The summed E-state index contributed by atoms with van der Waals surface area (Å²) in [4.78, 5) is 15.3. The molecular weight excluding hydrogens is 539 g/mol. The Morgan fingerprint density at radius 3 is 1.87 bits per heavy atom. The van der Waals surface area contributed by atoms with Crippen molar-refractivity contribution < 1.29 is 13.2 Å². The molecule has 38 heavy (non-hydrogen) atoms. The summed E-state index contributed by atoms with van der Waals surface area (Å²) in [6.07, 6.45) is 1.22. The number of benzene rings is 3. The second kappa shape index (κ2) is 11.2. The largest absolute Gasteiger partial charge is 0.352 e. The van der Waals surface area contributed by atoms with E-state index in [0.29, 0.717) is 40.8 Å². The zero-order valence-corrected chi connectivity index (χ0v) is 24.3. The SMILES string of the molecule is CC(C)(C)CNC(=O)c1cccc(C(=C2CN(C(c3ccc(Cl)cc3)c3ccc(Cl)cc3)C2)S(C)(=O)=O)c1. The van der Waals surface area contributed by atoms with E-state index in [9.17, 15) is 13.2 Å². The lowest BCUT2D eigenvalue weighted by molar-refractivity contribution is 0.0939. The molecule has 0 bridgehead atoms. The van der Waals surface area contributed by atoms with Gasteiger partial charge in [0.15, 0.2) is 9.84 Å². The van der Waals surface area contributed by atoms with E-state index < -0.39 is 9.84 Å². The van der Waals surface area contributed by atoms with Crippen LogP contribution in [0.5, 0.6) is 0 Å². The molecule has 1 aliphatic heterocycles. The van der Waals surface area contributed by atoms with Crippen LogP contribution in [0.3, 0.4) is 0 Å². The van der Waals surface area contributed by atoms with E-state index in [1.807, 2.05) is 69.3 Å². The Kier molecular flexibility index (Phi) is 8.38. The first kappa shape index (κ1) is 28.4. The van der Waals surface area contributed by atoms with E-state index in [4.69, 9.17) is 23.2 Å². The number of sulfone groups is 1. The lowest BCUT2D eigenvalue weighted by Gasteiger charge is -2.42. The van der Waals surface area contributed by atoms with Gasteiger partial charge < -0.3 is 5.32 Å². The Morgan fingerprint density at radius 2 is 1.39 bits per heavy atom.